The van der Waals surface area contributed by atoms with E-state index in [9.17, 15) is 4.79 Å². The molecule has 0 aromatic carbocycles. The van der Waals surface area contributed by atoms with E-state index in [1.54, 1.807) is 19.1 Å². The summed E-state index contributed by atoms with van der Waals surface area (Å²) in [5, 5.41) is 8.70. The molecule has 1 rings (SSSR count). The fraction of sp³-hybridized carbons (Fsp3) is 0.375. The molecular formula is C8H12N2O2. The Morgan fingerprint density at radius 1 is 1.67 bits per heavy atom. The molecule has 0 bridgehead atoms. The highest BCUT2D eigenvalue weighted by atomic mass is 16.3. The van der Waals surface area contributed by atoms with Gasteiger partial charge in [-0.25, -0.2) is 0 Å². The number of H-pyrrole nitrogens is 1. The number of hydrogen-bond donors (Lipinski definition) is 3. The molecule has 0 saturated heterocycles. The Balaban J connectivity index is 3.10. The zero-order chi connectivity index (χ0) is 9.14. The number of aryl methyl sites for hydroxylation is 1. The van der Waals surface area contributed by atoms with E-state index >= 15 is 0 Å². The monoisotopic (exact) mass is 168 g/mol. The van der Waals surface area contributed by atoms with Gasteiger partial charge in [-0.2, -0.15) is 0 Å². The number of aromatic amines is 1. The van der Waals surface area contributed by atoms with Gasteiger partial charge in [-0.05, 0) is 13.0 Å². The Kier molecular flexibility index (Phi) is 2.62. The Morgan fingerprint density at radius 2 is 2.33 bits per heavy atom. The summed E-state index contributed by atoms with van der Waals surface area (Å²) in [7, 11) is 0. The summed E-state index contributed by atoms with van der Waals surface area (Å²) >= 11 is 0. The van der Waals surface area contributed by atoms with Crippen LogP contribution in [0.1, 0.15) is 17.3 Å². The molecule has 0 aliphatic rings. The third-order valence-corrected chi connectivity index (χ3v) is 1.68. The number of aliphatic hydroxyl groups is 1. The summed E-state index contributed by atoms with van der Waals surface area (Å²) in [4.78, 5) is 13.8. The second-order valence-corrected chi connectivity index (χ2v) is 2.71. The maximum atomic E-state index is 11.2. The molecule has 1 aromatic heterocycles. The van der Waals surface area contributed by atoms with Crippen LogP contribution < -0.4 is 11.3 Å². The van der Waals surface area contributed by atoms with Gasteiger partial charge in [0.2, 0.25) is 0 Å². The number of rotatable bonds is 2. The topological polar surface area (TPSA) is 79.1 Å². The average Bonchev–Trinajstić information content (AvgIpc) is 2.03. The quantitative estimate of drug-likeness (QED) is 0.566. The second-order valence-electron chi connectivity index (χ2n) is 2.71. The molecule has 1 atom stereocenters. The largest absolute Gasteiger partial charge is 0.394 e. The third-order valence-electron chi connectivity index (χ3n) is 1.68. The number of hydrogen-bond acceptors (Lipinski definition) is 3. The predicted molar refractivity (Wildman–Crippen MR) is 45.8 cm³/mol. The fourth-order valence-electron chi connectivity index (χ4n) is 0.974. The maximum Gasteiger partial charge on any atom is 0.253 e. The first-order valence-corrected chi connectivity index (χ1v) is 3.71. The summed E-state index contributed by atoms with van der Waals surface area (Å²) in [6.45, 7) is 1.57. The fourth-order valence-corrected chi connectivity index (χ4v) is 0.974. The first kappa shape index (κ1) is 8.96. The van der Waals surface area contributed by atoms with E-state index < -0.39 is 6.04 Å². The van der Waals surface area contributed by atoms with Crippen LogP contribution in [0.4, 0.5) is 0 Å². The molecule has 0 saturated carbocycles. The Morgan fingerprint density at radius 3 is 2.83 bits per heavy atom. The molecule has 4 nitrogen and oxygen atoms in total. The predicted octanol–water partition coefficient (Wildman–Crippen LogP) is -0.325. The van der Waals surface area contributed by atoms with E-state index in [4.69, 9.17) is 10.8 Å². The molecule has 0 radical (unpaired) electrons. The van der Waals surface area contributed by atoms with Gasteiger partial charge in [-0.3, -0.25) is 4.79 Å². The van der Waals surface area contributed by atoms with E-state index in [1.807, 2.05) is 0 Å². The van der Waals surface area contributed by atoms with Crippen molar-refractivity contribution in [3.05, 3.63) is 33.7 Å². The van der Waals surface area contributed by atoms with Crippen LogP contribution in [-0.2, 0) is 0 Å². The lowest BCUT2D eigenvalue weighted by atomic mass is 10.1. The van der Waals surface area contributed by atoms with Crippen LogP contribution in [0.2, 0.25) is 0 Å². The second kappa shape index (κ2) is 3.51. The van der Waals surface area contributed by atoms with Gasteiger partial charge in [0.1, 0.15) is 0 Å². The van der Waals surface area contributed by atoms with Crippen molar-refractivity contribution in [2.75, 3.05) is 6.61 Å². The van der Waals surface area contributed by atoms with Crippen molar-refractivity contribution in [3.8, 4) is 0 Å². The van der Waals surface area contributed by atoms with Crippen molar-refractivity contribution in [1.29, 1.82) is 0 Å². The average molecular weight is 168 g/mol. The van der Waals surface area contributed by atoms with Crippen LogP contribution in [0.5, 0.6) is 0 Å². The zero-order valence-electron chi connectivity index (χ0n) is 6.87. The number of aromatic nitrogens is 1. The molecule has 66 valence electrons. The minimum absolute atomic E-state index is 0.216. The molecule has 12 heavy (non-hydrogen) atoms. The van der Waals surface area contributed by atoms with Gasteiger partial charge in [0.05, 0.1) is 12.6 Å². The maximum absolute atomic E-state index is 11.2. The van der Waals surface area contributed by atoms with E-state index in [-0.39, 0.29) is 12.2 Å². The van der Waals surface area contributed by atoms with Gasteiger partial charge in [0.15, 0.2) is 0 Å². The Labute approximate surface area is 70.0 Å². The molecule has 4 N–H and O–H groups in total. The molecule has 0 aliphatic heterocycles. The van der Waals surface area contributed by atoms with Crippen molar-refractivity contribution in [1.82, 2.24) is 4.98 Å². The lowest BCUT2D eigenvalue weighted by molar-refractivity contribution is 0.267. The number of pyridine rings is 1. The van der Waals surface area contributed by atoms with Crippen LogP contribution in [0, 0.1) is 6.92 Å². The highest BCUT2D eigenvalue weighted by molar-refractivity contribution is 5.16. The van der Waals surface area contributed by atoms with Gasteiger partial charge < -0.3 is 15.8 Å². The van der Waals surface area contributed by atoms with Crippen molar-refractivity contribution < 1.29 is 5.11 Å². The Hall–Kier alpha value is -1.13. The van der Waals surface area contributed by atoms with Gasteiger partial charge in [0.25, 0.3) is 5.56 Å². The molecule has 1 unspecified atom stereocenters. The molecule has 0 fully saturated rings. The number of nitrogens with two attached hydrogens (primary N) is 1. The lowest BCUT2D eigenvalue weighted by Crippen LogP contribution is -2.24. The van der Waals surface area contributed by atoms with E-state index in [2.05, 4.69) is 4.98 Å². The van der Waals surface area contributed by atoms with Gasteiger partial charge in [0, 0.05) is 11.3 Å². The smallest absolute Gasteiger partial charge is 0.253 e. The minimum Gasteiger partial charge on any atom is -0.394 e. The van der Waals surface area contributed by atoms with E-state index in [0.717, 1.165) is 5.69 Å². The van der Waals surface area contributed by atoms with E-state index in [1.165, 1.54) is 0 Å². The summed E-state index contributed by atoms with van der Waals surface area (Å²) in [6.07, 6.45) is 0. The molecular weight excluding hydrogens is 156 g/mol. The van der Waals surface area contributed by atoms with Crippen molar-refractivity contribution in [2.45, 2.75) is 13.0 Å². The Bertz CT molecular complexity index is 319. The van der Waals surface area contributed by atoms with Crippen molar-refractivity contribution in [3.63, 3.8) is 0 Å². The lowest BCUT2D eigenvalue weighted by Gasteiger charge is -2.06. The summed E-state index contributed by atoms with van der Waals surface area (Å²) < 4.78 is 0. The standard InChI is InChI=1S/C8H12N2O2/c1-5-2-3-6(7(9)4-11)8(12)10-5/h2-3,7,11H,4,9H2,1H3,(H,10,12). The van der Waals surface area contributed by atoms with Gasteiger partial charge >= 0.3 is 0 Å². The normalized spacial score (nSPS) is 12.9. The third kappa shape index (κ3) is 1.72. The van der Waals surface area contributed by atoms with Gasteiger partial charge in [-0.15, -0.1) is 0 Å². The molecule has 1 aromatic rings. The molecule has 0 spiro atoms. The van der Waals surface area contributed by atoms with Crippen molar-refractivity contribution in [2.24, 2.45) is 5.73 Å². The van der Waals surface area contributed by atoms with Crippen molar-refractivity contribution >= 4 is 0 Å². The SMILES string of the molecule is Cc1ccc(C(N)CO)c(=O)[nH]1. The first-order chi connectivity index (χ1) is 5.65. The van der Waals surface area contributed by atoms with Crippen LogP contribution >= 0.6 is 0 Å². The molecule has 0 amide bonds. The minimum atomic E-state index is -0.589. The molecule has 0 aliphatic carbocycles. The highest BCUT2D eigenvalue weighted by Crippen LogP contribution is 2.02. The summed E-state index contributed by atoms with van der Waals surface area (Å²) in [5.74, 6) is 0. The summed E-state index contributed by atoms with van der Waals surface area (Å²) in [6, 6.07) is 2.80. The van der Waals surface area contributed by atoms with Crippen LogP contribution in [0.3, 0.4) is 0 Å². The first-order valence-electron chi connectivity index (χ1n) is 3.71. The molecule has 4 heteroatoms. The molecule has 1 heterocycles. The zero-order valence-corrected chi connectivity index (χ0v) is 6.87. The van der Waals surface area contributed by atoms with Gasteiger partial charge in [-0.1, -0.05) is 6.07 Å². The van der Waals surface area contributed by atoms with Crippen LogP contribution in [0.15, 0.2) is 16.9 Å². The summed E-state index contributed by atoms with van der Waals surface area (Å²) in [5.41, 5.74) is 6.46. The number of aliphatic hydroxyl groups excluding tert-OH is 1. The van der Waals surface area contributed by atoms with E-state index in [0.29, 0.717) is 5.56 Å². The van der Waals surface area contributed by atoms with Crippen LogP contribution in [-0.4, -0.2) is 16.7 Å². The highest BCUT2D eigenvalue weighted by Gasteiger charge is 2.07. The van der Waals surface area contributed by atoms with Crippen LogP contribution in [0.25, 0.3) is 0 Å². The number of nitrogens with one attached hydrogen (secondary N) is 1.